The molecule has 0 N–H and O–H groups in total. The molecule has 2 heterocycles. The minimum atomic E-state index is -4.27. The summed E-state index contributed by atoms with van der Waals surface area (Å²) in [5, 5.41) is 10.5. The minimum absolute atomic E-state index is 0.00626. The van der Waals surface area contributed by atoms with Crippen LogP contribution in [-0.2, 0) is 23.6 Å². The average Bonchev–Trinajstić information content (AvgIpc) is 3.53. The zero-order chi connectivity index (χ0) is 31.3. The van der Waals surface area contributed by atoms with Crippen LogP contribution in [0.5, 0.6) is 0 Å². The van der Waals surface area contributed by atoms with Gasteiger partial charge >= 0.3 is 0 Å². The van der Waals surface area contributed by atoms with E-state index >= 15 is 0 Å². The number of rotatable bonds is 7. The zero-order valence-corrected chi connectivity index (χ0v) is 27.3. The maximum Gasteiger partial charge on any atom is 0.296 e. The van der Waals surface area contributed by atoms with Gasteiger partial charge in [-0.25, -0.2) is 17.4 Å². The quantitative estimate of drug-likeness (QED) is 0.186. The van der Waals surface area contributed by atoms with Crippen LogP contribution in [0.15, 0.2) is 97.4 Å². The lowest BCUT2D eigenvalue weighted by Crippen LogP contribution is -2.35. The molecule has 0 fully saturated rings. The number of hydrogen-bond donors (Lipinski definition) is 0. The van der Waals surface area contributed by atoms with Crippen molar-refractivity contribution in [3.05, 3.63) is 122 Å². The molecule has 0 unspecified atom stereocenters. The molecule has 6 rings (SSSR count). The van der Waals surface area contributed by atoms with E-state index in [9.17, 15) is 13.2 Å². The Morgan fingerprint density at radius 1 is 0.864 bits per heavy atom. The molecule has 4 aromatic carbocycles. The number of nitrogens with zero attached hydrogens (tertiary/aromatic N) is 5. The summed E-state index contributed by atoms with van der Waals surface area (Å²) in [5.74, 6) is 0.298. The zero-order valence-electron chi connectivity index (χ0n) is 24.9. The summed E-state index contributed by atoms with van der Waals surface area (Å²) < 4.78 is 40.4. The number of para-hydroxylation sites is 1. The van der Waals surface area contributed by atoms with Crippen LogP contribution in [0.2, 0.25) is 0 Å². The summed E-state index contributed by atoms with van der Waals surface area (Å²) in [6.45, 7) is 6.82. The van der Waals surface area contributed by atoms with E-state index < -0.39 is 15.6 Å². The average molecular weight is 673 g/mol. The first-order valence-electron chi connectivity index (χ1n) is 13.9. The molecule has 0 amide bonds. The first-order chi connectivity index (χ1) is 21.0. The van der Waals surface area contributed by atoms with Crippen LogP contribution in [0.3, 0.4) is 0 Å². The van der Waals surface area contributed by atoms with Crippen LogP contribution < -0.4 is 9.86 Å². The lowest BCUT2D eigenvalue weighted by molar-refractivity contribution is 0.504. The van der Waals surface area contributed by atoms with Crippen LogP contribution in [0.25, 0.3) is 27.9 Å². The van der Waals surface area contributed by atoms with Crippen molar-refractivity contribution in [2.24, 2.45) is 7.05 Å². The van der Waals surface area contributed by atoms with Crippen LogP contribution in [-0.4, -0.2) is 28.0 Å². The van der Waals surface area contributed by atoms with Gasteiger partial charge in [0.15, 0.2) is 0 Å². The smallest absolute Gasteiger partial charge is 0.296 e. The minimum Gasteiger partial charge on any atom is -0.419 e. The molecular formula is C33H30BrN5O4S. The van der Waals surface area contributed by atoms with Gasteiger partial charge in [0.25, 0.3) is 15.6 Å². The lowest BCUT2D eigenvalue weighted by atomic mass is 10.1. The molecule has 11 heteroatoms. The van der Waals surface area contributed by atoms with Crippen molar-refractivity contribution in [2.45, 2.75) is 39.1 Å². The molecule has 9 nitrogen and oxygen atoms in total. The van der Waals surface area contributed by atoms with Crippen molar-refractivity contribution in [3.63, 3.8) is 0 Å². The molecule has 0 radical (unpaired) electrons. The van der Waals surface area contributed by atoms with E-state index in [1.165, 1.54) is 4.68 Å². The van der Waals surface area contributed by atoms with Gasteiger partial charge in [0.1, 0.15) is 12.2 Å². The molecule has 0 atom stereocenters. The van der Waals surface area contributed by atoms with Gasteiger partial charge in [0.2, 0.25) is 11.8 Å². The Kier molecular flexibility index (Phi) is 7.54. The third-order valence-corrected chi connectivity index (χ3v) is 10.3. The summed E-state index contributed by atoms with van der Waals surface area (Å²) >= 11 is 3.50. The van der Waals surface area contributed by atoms with Gasteiger partial charge in [-0.1, -0.05) is 64.0 Å². The second-order valence-corrected chi connectivity index (χ2v) is 13.6. The second kappa shape index (κ2) is 11.2. The highest BCUT2D eigenvalue weighted by Gasteiger charge is 2.35. The van der Waals surface area contributed by atoms with E-state index in [1.54, 1.807) is 44.6 Å². The van der Waals surface area contributed by atoms with E-state index in [4.69, 9.17) is 4.42 Å². The third-order valence-electron chi connectivity index (χ3n) is 7.72. The molecule has 0 aliphatic rings. The number of aryl methyl sites for hydroxylation is 3. The predicted molar refractivity (Wildman–Crippen MR) is 175 cm³/mol. The molecule has 0 aliphatic carbocycles. The van der Waals surface area contributed by atoms with Crippen LogP contribution in [0.4, 0.5) is 5.69 Å². The second-order valence-electron chi connectivity index (χ2n) is 10.9. The number of anilines is 1. The molecule has 6 aromatic rings. The summed E-state index contributed by atoms with van der Waals surface area (Å²) in [6.07, 6.45) is 0. The molecule has 224 valence electrons. The fourth-order valence-corrected chi connectivity index (χ4v) is 7.98. The predicted octanol–water partition coefficient (Wildman–Crippen LogP) is 6.77. The van der Waals surface area contributed by atoms with Crippen molar-refractivity contribution in [1.82, 2.24) is 19.6 Å². The van der Waals surface area contributed by atoms with Crippen molar-refractivity contribution < 1.29 is 12.8 Å². The number of benzene rings is 4. The first-order valence-corrected chi connectivity index (χ1v) is 16.2. The lowest BCUT2D eigenvalue weighted by Gasteiger charge is -2.24. The highest BCUT2D eigenvalue weighted by Crippen LogP contribution is 2.32. The number of halogens is 1. The molecular weight excluding hydrogens is 642 g/mol. The summed E-state index contributed by atoms with van der Waals surface area (Å²) in [4.78, 5) is 14.2. The van der Waals surface area contributed by atoms with Gasteiger partial charge in [-0.2, -0.15) is 0 Å². The molecule has 2 aromatic heterocycles. The topological polar surface area (TPSA) is 103 Å². The molecule has 0 saturated carbocycles. The maximum atomic E-state index is 14.6. The van der Waals surface area contributed by atoms with Crippen molar-refractivity contribution >= 4 is 42.4 Å². The normalized spacial score (nSPS) is 11.8. The largest absolute Gasteiger partial charge is 0.419 e. The van der Waals surface area contributed by atoms with Crippen molar-refractivity contribution in [3.8, 4) is 17.1 Å². The van der Waals surface area contributed by atoms with Crippen LogP contribution in [0.1, 0.15) is 28.3 Å². The Hall–Kier alpha value is -4.48. The van der Waals surface area contributed by atoms with Gasteiger partial charge in [-0.15, -0.1) is 10.2 Å². The molecule has 44 heavy (non-hydrogen) atoms. The number of aromatic nitrogens is 4. The van der Waals surface area contributed by atoms with E-state index in [2.05, 4.69) is 26.1 Å². The van der Waals surface area contributed by atoms with Crippen molar-refractivity contribution in [2.75, 3.05) is 4.31 Å². The van der Waals surface area contributed by atoms with E-state index in [-0.39, 0.29) is 28.9 Å². The summed E-state index contributed by atoms with van der Waals surface area (Å²) in [6, 6.07) is 24.4. The van der Waals surface area contributed by atoms with Crippen LogP contribution >= 0.6 is 15.9 Å². The SMILES string of the molecule is Cc1cc(C)c(S(=O)(=O)N(Cc2nnc(-c3ccc4cc(Br)ccc4c3)o2)c2c(C)n(C)n(-c3ccccc3)c2=O)c(C)c1. The number of hydrogen-bond acceptors (Lipinski definition) is 6. The maximum absolute atomic E-state index is 14.6. The number of sulfonamides is 1. The number of fused-ring (bicyclic) bond motifs is 1. The summed E-state index contributed by atoms with van der Waals surface area (Å²) in [5.41, 5.74) is 3.40. The fraction of sp³-hybridized carbons (Fsp3) is 0.182. The Morgan fingerprint density at radius 3 is 2.23 bits per heavy atom. The third kappa shape index (κ3) is 5.16. The van der Waals surface area contributed by atoms with Crippen molar-refractivity contribution in [1.29, 1.82) is 0 Å². The summed E-state index contributed by atoms with van der Waals surface area (Å²) in [7, 11) is -2.55. The van der Waals surface area contributed by atoms with Gasteiger partial charge in [0, 0.05) is 17.1 Å². The van der Waals surface area contributed by atoms with Gasteiger partial charge in [-0.05, 0) is 86.0 Å². The first kappa shape index (κ1) is 29.6. The van der Waals surface area contributed by atoms with E-state index in [0.29, 0.717) is 28.1 Å². The van der Waals surface area contributed by atoms with Gasteiger partial charge < -0.3 is 4.42 Å². The highest BCUT2D eigenvalue weighted by molar-refractivity contribution is 9.10. The highest BCUT2D eigenvalue weighted by atomic mass is 79.9. The standard InChI is InChI=1S/C33H30BrN5O4S/c1-20-15-21(2)31(22(3)16-20)44(41,42)38(30-23(4)37(5)39(33(30)40)28-9-7-6-8-10-28)19-29-35-36-32(43-29)26-12-11-25-18-27(34)14-13-24(25)17-26/h6-18H,19H2,1-5H3. The Balaban J connectivity index is 1.49. The molecule has 0 bridgehead atoms. The Labute approximate surface area is 263 Å². The fourth-order valence-electron chi connectivity index (χ4n) is 5.72. The van der Waals surface area contributed by atoms with E-state index in [1.807, 2.05) is 73.7 Å². The van der Waals surface area contributed by atoms with E-state index in [0.717, 1.165) is 25.1 Å². The van der Waals surface area contributed by atoms with Gasteiger partial charge in [-0.3, -0.25) is 9.48 Å². The Bertz CT molecular complexity index is 2200. The molecule has 0 spiro atoms. The van der Waals surface area contributed by atoms with Crippen LogP contribution in [0, 0.1) is 27.7 Å². The molecule has 0 aliphatic heterocycles. The Morgan fingerprint density at radius 2 is 1.52 bits per heavy atom. The molecule has 0 saturated heterocycles. The monoisotopic (exact) mass is 671 g/mol. The van der Waals surface area contributed by atoms with Gasteiger partial charge in [0.05, 0.1) is 16.3 Å².